The van der Waals surface area contributed by atoms with E-state index < -0.39 is 21.8 Å². The lowest BCUT2D eigenvalue weighted by molar-refractivity contribution is 0.196. The quantitative estimate of drug-likeness (QED) is 0.488. The molecule has 32 heavy (non-hydrogen) atoms. The van der Waals surface area contributed by atoms with Gasteiger partial charge in [0.1, 0.15) is 15.9 Å². The molecule has 1 aromatic carbocycles. The summed E-state index contributed by atoms with van der Waals surface area (Å²) in [6.07, 6.45) is 3.11. The number of benzene rings is 1. The molecule has 0 aliphatic rings. The van der Waals surface area contributed by atoms with Crippen LogP contribution in [0.1, 0.15) is 41.2 Å². The second kappa shape index (κ2) is 9.46. The van der Waals surface area contributed by atoms with Gasteiger partial charge in [0.15, 0.2) is 0 Å². The Bertz CT molecular complexity index is 1240. The van der Waals surface area contributed by atoms with E-state index in [1.165, 1.54) is 11.3 Å². The normalized spacial score (nSPS) is 11.8. The topological polar surface area (TPSA) is 101 Å². The fourth-order valence-corrected chi connectivity index (χ4v) is 6.94. The number of rotatable bonds is 8. The molecule has 0 unspecified atom stereocenters. The van der Waals surface area contributed by atoms with E-state index in [-0.39, 0.29) is 4.21 Å². The minimum absolute atomic E-state index is 0.219. The first-order valence-corrected chi connectivity index (χ1v) is 12.9. The van der Waals surface area contributed by atoms with Gasteiger partial charge in [-0.05, 0) is 55.4 Å². The number of hydrogen-bond donors (Lipinski definition) is 2. The minimum Gasteiger partial charge on any atom is -0.465 e. The molecule has 0 aliphatic heterocycles. The third kappa shape index (κ3) is 5.21. The Balaban J connectivity index is 2.07. The number of nitrogens with zero attached hydrogens (tertiary/aromatic N) is 2. The van der Waals surface area contributed by atoms with Crippen molar-refractivity contribution in [1.82, 2.24) is 14.9 Å². The fourth-order valence-electron chi connectivity index (χ4n) is 3.66. The molecular weight excluding hydrogens is 446 g/mol. The van der Waals surface area contributed by atoms with E-state index in [4.69, 9.17) is 5.11 Å². The number of aromatic nitrogens is 2. The Hall–Kier alpha value is -2.65. The summed E-state index contributed by atoms with van der Waals surface area (Å²) in [5, 5.41) is 10.9. The number of sulfone groups is 1. The molecule has 2 heterocycles. The van der Waals surface area contributed by atoms with Gasteiger partial charge in [0.25, 0.3) is 0 Å². The molecule has 172 valence electrons. The smallest absolute Gasteiger partial charge is 0.405 e. The fraction of sp³-hybridized carbons (Fsp3) is 0.391. The average molecular weight is 476 g/mol. The van der Waals surface area contributed by atoms with Crippen LogP contribution in [0.4, 0.5) is 4.79 Å². The lowest BCUT2D eigenvalue weighted by Crippen LogP contribution is -2.27. The summed E-state index contributed by atoms with van der Waals surface area (Å²) in [5.41, 5.74) is 4.62. The van der Waals surface area contributed by atoms with Gasteiger partial charge >= 0.3 is 6.09 Å². The molecule has 1 amide bonds. The van der Waals surface area contributed by atoms with Crippen molar-refractivity contribution in [3.8, 4) is 11.1 Å². The van der Waals surface area contributed by atoms with E-state index in [9.17, 15) is 13.2 Å². The molecular formula is C23H29N3O4S2. The Labute approximate surface area is 193 Å². The van der Waals surface area contributed by atoms with Crippen LogP contribution in [-0.2, 0) is 22.8 Å². The highest BCUT2D eigenvalue weighted by Gasteiger charge is 2.27. The number of aryl methyl sites for hydroxylation is 2. The first-order chi connectivity index (χ1) is 15.0. The Kier molecular flexibility index (Phi) is 7.09. The molecule has 0 saturated heterocycles. The number of carboxylic acid groups (broad SMARTS) is 1. The Morgan fingerprint density at radius 3 is 2.53 bits per heavy atom. The number of amides is 1. The van der Waals surface area contributed by atoms with Crippen molar-refractivity contribution < 1.29 is 18.3 Å². The van der Waals surface area contributed by atoms with Gasteiger partial charge in [-0.3, -0.25) is 0 Å². The second-order valence-corrected chi connectivity index (χ2v) is 11.7. The number of thiophene rings is 1. The lowest BCUT2D eigenvalue weighted by atomic mass is 9.97. The molecule has 0 radical (unpaired) electrons. The maximum atomic E-state index is 13.1. The maximum absolute atomic E-state index is 13.1. The van der Waals surface area contributed by atoms with E-state index in [2.05, 4.69) is 23.4 Å². The molecule has 0 aliphatic carbocycles. The number of carbonyl (C=O) groups is 1. The number of imidazole rings is 1. The summed E-state index contributed by atoms with van der Waals surface area (Å²) < 4.78 is 28.4. The van der Waals surface area contributed by atoms with Gasteiger partial charge in [-0.2, -0.15) is 0 Å². The molecule has 2 N–H and O–H groups in total. The Morgan fingerprint density at radius 1 is 1.25 bits per heavy atom. The van der Waals surface area contributed by atoms with Crippen molar-refractivity contribution >= 4 is 27.3 Å². The van der Waals surface area contributed by atoms with E-state index in [0.717, 1.165) is 39.4 Å². The van der Waals surface area contributed by atoms with Gasteiger partial charge in [0.2, 0.25) is 9.84 Å². The van der Waals surface area contributed by atoms with Crippen LogP contribution in [-0.4, -0.2) is 35.0 Å². The summed E-state index contributed by atoms with van der Waals surface area (Å²) >= 11 is 1.25. The monoisotopic (exact) mass is 475 g/mol. The van der Waals surface area contributed by atoms with Gasteiger partial charge in [-0.15, -0.1) is 11.3 Å². The highest BCUT2D eigenvalue weighted by atomic mass is 32.2. The SMILES string of the molecule is Cc1cc(-c2c(S(=O)(=O)CNC(=O)O)sc(CC(C)C)c2C)ccc1Cn1ccnc1C. The summed E-state index contributed by atoms with van der Waals surface area (Å²) in [6.45, 7) is 10.8. The zero-order valence-electron chi connectivity index (χ0n) is 19.0. The number of hydrogen-bond acceptors (Lipinski definition) is 5. The second-order valence-electron chi connectivity index (χ2n) is 8.40. The molecule has 9 heteroatoms. The van der Waals surface area contributed by atoms with Gasteiger partial charge in [0, 0.05) is 29.4 Å². The summed E-state index contributed by atoms with van der Waals surface area (Å²) in [7, 11) is -3.83. The highest BCUT2D eigenvalue weighted by molar-refractivity contribution is 7.93. The van der Waals surface area contributed by atoms with Crippen molar-refractivity contribution in [3.63, 3.8) is 0 Å². The lowest BCUT2D eigenvalue weighted by Gasteiger charge is -2.13. The van der Waals surface area contributed by atoms with E-state index in [0.29, 0.717) is 18.0 Å². The van der Waals surface area contributed by atoms with Crippen LogP contribution in [0.15, 0.2) is 34.8 Å². The van der Waals surface area contributed by atoms with Crippen LogP contribution < -0.4 is 5.32 Å². The molecule has 3 rings (SSSR count). The molecule has 3 aromatic rings. The van der Waals surface area contributed by atoms with Crippen LogP contribution in [0.25, 0.3) is 11.1 Å². The van der Waals surface area contributed by atoms with Crippen molar-refractivity contribution in [3.05, 3.63) is 58.0 Å². The van der Waals surface area contributed by atoms with Gasteiger partial charge in [-0.25, -0.2) is 18.2 Å². The van der Waals surface area contributed by atoms with Crippen LogP contribution in [0.5, 0.6) is 0 Å². The zero-order valence-corrected chi connectivity index (χ0v) is 20.6. The van der Waals surface area contributed by atoms with E-state index >= 15 is 0 Å². The summed E-state index contributed by atoms with van der Waals surface area (Å²) in [6, 6.07) is 5.99. The van der Waals surface area contributed by atoms with Gasteiger partial charge in [-0.1, -0.05) is 32.0 Å². The standard InChI is InChI=1S/C23H29N3O4S2/c1-14(2)10-20-16(4)21(22(31-20)32(29,30)13-25-23(27)28)18-6-7-19(15(3)11-18)12-26-9-8-24-17(26)5/h6-9,11,14,25H,10,12-13H2,1-5H3,(H,27,28). The highest BCUT2D eigenvalue weighted by Crippen LogP contribution is 2.41. The molecule has 0 atom stereocenters. The summed E-state index contributed by atoms with van der Waals surface area (Å²) in [4.78, 5) is 16.2. The minimum atomic E-state index is -3.83. The summed E-state index contributed by atoms with van der Waals surface area (Å²) in [5.74, 6) is 0.656. The third-order valence-electron chi connectivity index (χ3n) is 5.40. The molecule has 0 bridgehead atoms. The predicted molar refractivity (Wildman–Crippen MR) is 127 cm³/mol. The van der Waals surface area contributed by atoms with Crippen molar-refractivity contribution in [1.29, 1.82) is 0 Å². The molecule has 0 saturated carbocycles. The van der Waals surface area contributed by atoms with Crippen LogP contribution in [0, 0.1) is 26.7 Å². The third-order valence-corrected chi connectivity index (χ3v) is 8.81. The first kappa shape index (κ1) is 24.0. The van der Waals surface area contributed by atoms with Crippen molar-refractivity contribution in [2.45, 2.75) is 51.8 Å². The Morgan fingerprint density at radius 2 is 1.97 bits per heavy atom. The van der Waals surface area contributed by atoms with Crippen molar-refractivity contribution in [2.75, 3.05) is 5.88 Å². The largest absolute Gasteiger partial charge is 0.465 e. The van der Waals surface area contributed by atoms with E-state index in [1.807, 2.05) is 50.5 Å². The molecule has 0 spiro atoms. The molecule has 0 fully saturated rings. The zero-order chi connectivity index (χ0) is 23.6. The predicted octanol–water partition coefficient (Wildman–Crippen LogP) is 4.78. The van der Waals surface area contributed by atoms with Crippen molar-refractivity contribution in [2.24, 2.45) is 5.92 Å². The van der Waals surface area contributed by atoms with E-state index in [1.54, 1.807) is 6.20 Å². The van der Waals surface area contributed by atoms with Crippen LogP contribution in [0.2, 0.25) is 0 Å². The van der Waals surface area contributed by atoms with Crippen LogP contribution in [0.3, 0.4) is 0 Å². The van der Waals surface area contributed by atoms with Gasteiger partial charge < -0.3 is 15.0 Å². The average Bonchev–Trinajstić information content (AvgIpc) is 3.25. The first-order valence-electron chi connectivity index (χ1n) is 10.4. The number of nitrogens with one attached hydrogen (secondary N) is 1. The van der Waals surface area contributed by atoms with Crippen LogP contribution >= 0.6 is 11.3 Å². The maximum Gasteiger partial charge on any atom is 0.405 e. The molecule has 2 aromatic heterocycles. The molecule has 7 nitrogen and oxygen atoms in total. The van der Waals surface area contributed by atoms with Gasteiger partial charge in [0.05, 0.1) is 0 Å².